The fourth-order valence-corrected chi connectivity index (χ4v) is 2.62. The molecule has 1 aliphatic rings. The molecule has 2 rings (SSSR count). The van der Waals surface area contributed by atoms with Crippen LogP contribution in [0.2, 0.25) is 0 Å². The third-order valence-electron chi connectivity index (χ3n) is 3.73. The molecule has 1 N–H and O–H groups in total. The minimum Gasteiger partial charge on any atom is -0.316 e. The van der Waals surface area contributed by atoms with E-state index in [-0.39, 0.29) is 0 Å². The van der Waals surface area contributed by atoms with Gasteiger partial charge in [-0.2, -0.15) is 0 Å². The van der Waals surface area contributed by atoms with Crippen molar-refractivity contribution < 1.29 is 0 Å². The van der Waals surface area contributed by atoms with Gasteiger partial charge in [-0.05, 0) is 36.8 Å². The van der Waals surface area contributed by atoms with Gasteiger partial charge in [0.1, 0.15) is 0 Å². The van der Waals surface area contributed by atoms with Crippen LogP contribution in [0.4, 0.5) is 0 Å². The predicted octanol–water partition coefficient (Wildman–Crippen LogP) is 3.57. The third-order valence-corrected chi connectivity index (χ3v) is 3.73. The summed E-state index contributed by atoms with van der Waals surface area (Å²) in [7, 11) is 0. The second-order valence-corrected chi connectivity index (χ2v) is 5.12. The summed E-state index contributed by atoms with van der Waals surface area (Å²) in [5, 5.41) is 3.63. The van der Waals surface area contributed by atoms with E-state index >= 15 is 0 Å². The second kappa shape index (κ2) is 6.05. The molecule has 1 nitrogen and oxygen atoms in total. The molecule has 1 unspecified atom stereocenters. The van der Waals surface area contributed by atoms with Gasteiger partial charge in [-0.3, -0.25) is 0 Å². The van der Waals surface area contributed by atoms with Crippen molar-refractivity contribution in [3.63, 3.8) is 0 Å². The Morgan fingerprint density at radius 2 is 1.88 bits per heavy atom. The molecule has 88 valence electrons. The van der Waals surface area contributed by atoms with Crippen molar-refractivity contribution in [2.75, 3.05) is 13.1 Å². The zero-order valence-corrected chi connectivity index (χ0v) is 10.3. The largest absolute Gasteiger partial charge is 0.316 e. The van der Waals surface area contributed by atoms with E-state index in [1.54, 1.807) is 0 Å². The number of hydrogen-bond acceptors (Lipinski definition) is 1. The topological polar surface area (TPSA) is 12.0 Å². The van der Waals surface area contributed by atoms with Crippen molar-refractivity contribution in [3.05, 3.63) is 35.9 Å². The Morgan fingerprint density at radius 1 is 1.19 bits per heavy atom. The maximum absolute atomic E-state index is 3.63. The van der Waals surface area contributed by atoms with Gasteiger partial charge >= 0.3 is 0 Å². The minimum absolute atomic E-state index is 0.627. The van der Waals surface area contributed by atoms with Gasteiger partial charge in [0, 0.05) is 6.54 Å². The summed E-state index contributed by atoms with van der Waals surface area (Å²) in [6.07, 6.45) is 5.76. The van der Waals surface area contributed by atoms with Gasteiger partial charge in [0.05, 0.1) is 0 Å². The molecule has 0 amide bonds. The summed E-state index contributed by atoms with van der Waals surface area (Å²) in [5.74, 6) is 1.57. The minimum atomic E-state index is 0.627. The molecule has 1 aromatic carbocycles. The number of benzene rings is 1. The average Bonchev–Trinajstić information content (AvgIpc) is 2.83. The van der Waals surface area contributed by atoms with Crippen molar-refractivity contribution in [1.82, 2.24) is 5.32 Å². The second-order valence-electron chi connectivity index (χ2n) is 5.12. The Morgan fingerprint density at radius 3 is 2.56 bits per heavy atom. The lowest BCUT2D eigenvalue weighted by atomic mass is 10.0. The first-order valence-electron chi connectivity index (χ1n) is 6.62. The molecule has 1 saturated carbocycles. The van der Waals surface area contributed by atoms with Crippen molar-refractivity contribution in [2.45, 2.75) is 38.5 Å². The lowest BCUT2D eigenvalue weighted by molar-refractivity contribution is 0.477. The Kier molecular flexibility index (Phi) is 4.41. The van der Waals surface area contributed by atoms with Gasteiger partial charge in [-0.1, -0.05) is 50.1 Å². The average molecular weight is 217 g/mol. The first-order chi connectivity index (χ1) is 7.86. The SMILES string of the molecule is CC(CNCC1CCCC1)c1ccccc1. The van der Waals surface area contributed by atoms with Crippen molar-refractivity contribution in [2.24, 2.45) is 5.92 Å². The molecule has 16 heavy (non-hydrogen) atoms. The van der Waals surface area contributed by atoms with E-state index in [1.165, 1.54) is 37.8 Å². The van der Waals surface area contributed by atoms with E-state index in [2.05, 4.69) is 42.6 Å². The van der Waals surface area contributed by atoms with Crippen LogP contribution in [0, 0.1) is 5.92 Å². The van der Waals surface area contributed by atoms with Crippen LogP contribution < -0.4 is 5.32 Å². The molecule has 1 atom stereocenters. The molecule has 1 aliphatic carbocycles. The van der Waals surface area contributed by atoms with E-state index in [4.69, 9.17) is 0 Å². The van der Waals surface area contributed by atoms with Crippen LogP contribution in [0.15, 0.2) is 30.3 Å². The summed E-state index contributed by atoms with van der Waals surface area (Å²) in [5.41, 5.74) is 1.45. The normalized spacial score (nSPS) is 18.8. The fraction of sp³-hybridized carbons (Fsp3) is 0.600. The molecule has 1 aromatic rings. The maximum Gasteiger partial charge on any atom is 0.00176 e. The van der Waals surface area contributed by atoms with E-state index in [1.807, 2.05) is 0 Å². The summed E-state index contributed by atoms with van der Waals surface area (Å²) >= 11 is 0. The van der Waals surface area contributed by atoms with Crippen LogP contribution in [0.5, 0.6) is 0 Å². The molecule has 0 bridgehead atoms. The van der Waals surface area contributed by atoms with Gasteiger partial charge in [-0.15, -0.1) is 0 Å². The highest BCUT2D eigenvalue weighted by Gasteiger charge is 2.14. The Bertz CT molecular complexity index is 288. The molecule has 0 spiro atoms. The molecular formula is C15H23N. The quantitative estimate of drug-likeness (QED) is 0.795. The van der Waals surface area contributed by atoms with Gasteiger partial charge in [0.15, 0.2) is 0 Å². The molecule has 0 aliphatic heterocycles. The Hall–Kier alpha value is -0.820. The van der Waals surface area contributed by atoms with Gasteiger partial charge in [0.2, 0.25) is 0 Å². The lowest BCUT2D eigenvalue weighted by Gasteiger charge is -2.15. The highest BCUT2D eigenvalue weighted by molar-refractivity contribution is 5.18. The molecular weight excluding hydrogens is 194 g/mol. The van der Waals surface area contributed by atoms with Crippen molar-refractivity contribution >= 4 is 0 Å². The van der Waals surface area contributed by atoms with E-state index in [0.29, 0.717) is 5.92 Å². The van der Waals surface area contributed by atoms with Gasteiger partial charge in [0.25, 0.3) is 0 Å². The van der Waals surface area contributed by atoms with Crippen LogP contribution >= 0.6 is 0 Å². The zero-order chi connectivity index (χ0) is 11.2. The van der Waals surface area contributed by atoms with Crippen molar-refractivity contribution in [1.29, 1.82) is 0 Å². The lowest BCUT2D eigenvalue weighted by Crippen LogP contribution is -2.25. The molecule has 0 aromatic heterocycles. The number of rotatable bonds is 5. The number of nitrogens with one attached hydrogen (secondary N) is 1. The zero-order valence-electron chi connectivity index (χ0n) is 10.3. The Balaban J connectivity index is 1.69. The summed E-state index contributed by atoms with van der Waals surface area (Å²) in [6, 6.07) is 10.8. The van der Waals surface area contributed by atoms with Crippen LogP contribution in [0.25, 0.3) is 0 Å². The molecule has 0 radical (unpaired) electrons. The maximum atomic E-state index is 3.63. The highest BCUT2D eigenvalue weighted by atomic mass is 14.9. The van der Waals surface area contributed by atoms with E-state index < -0.39 is 0 Å². The predicted molar refractivity (Wildman–Crippen MR) is 69.7 cm³/mol. The van der Waals surface area contributed by atoms with Crippen molar-refractivity contribution in [3.8, 4) is 0 Å². The molecule has 0 heterocycles. The van der Waals surface area contributed by atoms with Crippen LogP contribution in [-0.4, -0.2) is 13.1 Å². The fourth-order valence-electron chi connectivity index (χ4n) is 2.62. The van der Waals surface area contributed by atoms with E-state index in [9.17, 15) is 0 Å². The van der Waals surface area contributed by atoms with E-state index in [0.717, 1.165) is 12.5 Å². The van der Waals surface area contributed by atoms with Crippen LogP contribution in [-0.2, 0) is 0 Å². The molecule has 1 fully saturated rings. The molecule has 1 heteroatoms. The summed E-state index contributed by atoms with van der Waals surface area (Å²) in [4.78, 5) is 0. The first kappa shape index (κ1) is 11.7. The number of hydrogen-bond donors (Lipinski definition) is 1. The van der Waals surface area contributed by atoms with Crippen LogP contribution in [0.1, 0.15) is 44.1 Å². The summed E-state index contributed by atoms with van der Waals surface area (Å²) < 4.78 is 0. The third kappa shape index (κ3) is 3.34. The van der Waals surface area contributed by atoms with Gasteiger partial charge in [-0.25, -0.2) is 0 Å². The first-order valence-corrected chi connectivity index (χ1v) is 6.62. The van der Waals surface area contributed by atoms with Crippen LogP contribution in [0.3, 0.4) is 0 Å². The Labute approximate surface area is 99.3 Å². The smallest absolute Gasteiger partial charge is 0.00176 e. The standard InChI is InChI=1S/C15H23N/c1-13(15-9-3-2-4-10-15)11-16-12-14-7-5-6-8-14/h2-4,9-10,13-14,16H,5-8,11-12H2,1H3. The molecule has 0 saturated heterocycles. The van der Waals surface area contributed by atoms with Gasteiger partial charge < -0.3 is 5.32 Å². The monoisotopic (exact) mass is 217 g/mol. The summed E-state index contributed by atoms with van der Waals surface area (Å²) in [6.45, 7) is 4.63. The highest BCUT2D eigenvalue weighted by Crippen LogP contribution is 2.24.